The predicted octanol–water partition coefficient (Wildman–Crippen LogP) is -0.967. The number of phenols is 4. The average molecular weight is 350 g/mol. The molecule has 1 saturated carbocycles. The maximum Gasteiger partial charge on any atom is 0.139 e. The summed E-state index contributed by atoms with van der Waals surface area (Å²) >= 11 is 0. The third kappa shape index (κ3) is 2.30. The highest BCUT2D eigenvalue weighted by atomic mass is 16.3. The number of hydrogen-bond donors (Lipinski definition) is 8. The third-order valence-corrected chi connectivity index (χ3v) is 5.19. The van der Waals surface area contributed by atoms with Gasteiger partial charge in [0.25, 0.3) is 0 Å². The Kier molecular flexibility index (Phi) is 3.81. The van der Waals surface area contributed by atoms with Gasteiger partial charge in [0.1, 0.15) is 34.4 Å². The lowest BCUT2D eigenvalue weighted by Gasteiger charge is -2.55. The maximum absolute atomic E-state index is 10.8. The average Bonchev–Trinajstić information content (AvgIpc) is 2.48. The van der Waals surface area contributed by atoms with E-state index in [1.54, 1.807) is 6.92 Å². The molecule has 0 spiro atoms. The number of phenolic OH excluding ortho intramolecular Hbond substituents is 4. The molecule has 8 nitrogen and oxygen atoms in total. The standard InChI is InChI=1S/C17H20N2O6/c1-17(14-9(19)3-7(21)5-11(14)23)15(24)13(16(17)25)12-8(18)2-6(20)4-10(12)22/h2-5,13,15-16,20-25H,18-19H2,1H3/p+2. The molecule has 25 heavy (non-hydrogen) atoms. The first-order valence-electron chi connectivity index (χ1n) is 7.71. The van der Waals surface area contributed by atoms with Crippen LogP contribution in [0.5, 0.6) is 23.0 Å². The SMILES string of the molecule is CC1(c2c([NH3+])cc(O)cc2O)C(O)C(c2c([NH3+])cc(O)cc2O)C1O. The third-order valence-electron chi connectivity index (χ3n) is 5.19. The molecular weight excluding hydrogens is 328 g/mol. The highest BCUT2D eigenvalue weighted by Gasteiger charge is 2.63. The van der Waals surface area contributed by atoms with Crippen molar-refractivity contribution in [3.05, 3.63) is 35.4 Å². The predicted molar refractivity (Wildman–Crippen MR) is 86.7 cm³/mol. The van der Waals surface area contributed by atoms with Crippen molar-refractivity contribution in [2.45, 2.75) is 30.5 Å². The van der Waals surface area contributed by atoms with Crippen molar-refractivity contribution in [2.24, 2.45) is 0 Å². The summed E-state index contributed by atoms with van der Waals surface area (Å²) in [6.07, 6.45) is -2.32. The Balaban J connectivity index is 2.08. The maximum atomic E-state index is 10.8. The van der Waals surface area contributed by atoms with Gasteiger partial charge in [-0.1, -0.05) is 6.92 Å². The fraction of sp³-hybridized carbons (Fsp3) is 0.294. The van der Waals surface area contributed by atoms with Crippen LogP contribution in [0, 0.1) is 0 Å². The zero-order valence-corrected chi connectivity index (χ0v) is 13.6. The molecule has 0 amide bonds. The monoisotopic (exact) mass is 350 g/mol. The molecule has 134 valence electrons. The van der Waals surface area contributed by atoms with E-state index in [2.05, 4.69) is 11.5 Å². The first-order valence-corrected chi connectivity index (χ1v) is 7.71. The van der Waals surface area contributed by atoms with Crippen LogP contribution in [-0.2, 0) is 5.41 Å². The highest BCUT2D eigenvalue weighted by Crippen LogP contribution is 2.58. The van der Waals surface area contributed by atoms with E-state index in [9.17, 15) is 30.6 Å². The number of quaternary nitrogens is 2. The van der Waals surface area contributed by atoms with Crippen molar-refractivity contribution in [3.8, 4) is 23.0 Å². The molecular formula is C17H22N2O6+2. The van der Waals surface area contributed by atoms with E-state index in [-0.39, 0.29) is 45.5 Å². The smallest absolute Gasteiger partial charge is 0.139 e. The molecule has 3 rings (SSSR count). The van der Waals surface area contributed by atoms with Gasteiger partial charge in [0.05, 0.1) is 28.7 Å². The number of rotatable bonds is 2. The van der Waals surface area contributed by atoms with Gasteiger partial charge in [0, 0.05) is 30.2 Å². The lowest BCUT2D eigenvalue weighted by Crippen LogP contribution is -2.66. The van der Waals surface area contributed by atoms with E-state index in [1.807, 2.05) is 0 Å². The Morgan fingerprint density at radius 2 is 1.28 bits per heavy atom. The highest BCUT2D eigenvalue weighted by molar-refractivity contribution is 5.63. The van der Waals surface area contributed by atoms with Crippen molar-refractivity contribution in [1.29, 1.82) is 0 Å². The van der Waals surface area contributed by atoms with Crippen LogP contribution in [0.25, 0.3) is 0 Å². The van der Waals surface area contributed by atoms with Crippen molar-refractivity contribution < 1.29 is 42.1 Å². The van der Waals surface area contributed by atoms with Crippen LogP contribution < -0.4 is 11.5 Å². The van der Waals surface area contributed by atoms with Crippen molar-refractivity contribution in [3.63, 3.8) is 0 Å². The molecule has 0 aliphatic heterocycles. The van der Waals surface area contributed by atoms with Gasteiger partial charge in [-0.15, -0.1) is 0 Å². The molecule has 0 heterocycles. The zero-order chi connectivity index (χ0) is 18.7. The molecule has 0 bridgehead atoms. The Bertz CT molecular complexity index is 797. The first kappa shape index (κ1) is 17.3. The Labute approximate surface area is 143 Å². The van der Waals surface area contributed by atoms with Gasteiger partial charge in [-0.3, -0.25) is 0 Å². The second-order valence-corrected chi connectivity index (χ2v) is 6.73. The fourth-order valence-electron chi connectivity index (χ4n) is 3.94. The normalized spacial score (nSPS) is 28.6. The Morgan fingerprint density at radius 1 is 0.800 bits per heavy atom. The summed E-state index contributed by atoms with van der Waals surface area (Å²) in [5, 5.41) is 60.9. The molecule has 0 radical (unpaired) electrons. The molecule has 2 unspecified atom stereocenters. The van der Waals surface area contributed by atoms with Gasteiger partial charge in [-0.05, 0) is 0 Å². The van der Waals surface area contributed by atoms with Crippen LogP contribution >= 0.6 is 0 Å². The topological polar surface area (TPSA) is 177 Å². The summed E-state index contributed by atoms with van der Waals surface area (Å²) in [5.41, 5.74) is 7.28. The summed E-state index contributed by atoms with van der Waals surface area (Å²) in [6.45, 7) is 1.57. The van der Waals surface area contributed by atoms with Crippen molar-refractivity contribution >= 4 is 11.4 Å². The van der Waals surface area contributed by atoms with Gasteiger partial charge in [0.2, 0.25) is 0 Å². The first-order chi connectivity index (χ1) is 11.6. The van der Waals surface area contributed by atoms with Crippen LogP contribution in [0.4, 0.5) is 11.4 Å². The van der Waals surface area contributed by atoms with Gasteiger partial charge in [-0.25, -0.2) is 0 Å². The van der Waals surface area contributed by atoms with E-state index < -0.39 is 23.5 Å². The molecule has 2 aromatic carbocycles. The number of benzene rings is 2. The van der Waals surface area contributed by atoms with Gasteiger partial charge in [-0.2, -0.15) is 0 Å². The van der Waals surface area contributed by atoms with Gasteiger partial charge in [0.15, 0.2) is 0 Å². The molecule has 1 fully saturated rings. The summed E-state index contributed by atoms with van der Waals surface area (Å²) in [7, 11) is 0. The van der Waals surface area contributed by atoms with Crippen molar-refractivity contribution in [2.75, 3.05) is 0 Å². The van der Waals surface area contributed by atoms with Crippen molar-refractivity contribution in [1.82, 2.24) is 0 Å². The second kappa shape index (κ2) is 5.50. The number of aromatic hydroxyl groups is 4. The number of hydrogen-bond acceptors (Lipinski definition) is 6. The zero-order valence-electron chi connectivity index (χ0n) is 13.6. The molecule has 0 aromatic heterocycles. The van der Waals surface area contributed by atoms with Crippen LogP contribution in [0.3, 0.4) is 0 Å². The van der Waals surface area contributed by atoms with E-state index in [0.717, 1.165) is 12.1 Å². The minimum absolute atomic E-state index is 0.173. The lowest BCUT2D eigenvalue weighted by molar-refractivity contribution is -0.261. The van der Waals surface area contributed by atoms with Crippen LogP contribution in [0.15, 0.2) is 24.3 Å². The molecule has 1 aliphatic rings. The molecule has 2 atom stereocenters. The van der Waals surface area contributed by atoms with E-state index >= 15 is 0 Å². The quantitative estimate of drug-likeness (QED) is 0.345. The summed E-state index contributed by atoms with van der Waals surface area (Å²) in [4.78, 5) is 0. The van der Waals surface area contributed by atoms with Gasteiger partial charge < -0.3 is 42.1 Å². The minimum atomic E-state index is -1.25. The van der Waals surface area contributed by atoms with E-state index in [0.29, 0.717) is 0 Å². The number of aliphatic hydroxyl groups excluding tert-OH is 2. The summed E-state index contributed by atoms with van der Waals surface area (Å²) in [6, 6.07) is 4.89. The largest absolute Gasteiger partial charge is 0.508 e. The summed E-state index contributed by atoms with van der Waals surface area (Å²) < 4.78 is 0. The molecule has 8 heteroatoms. The van der Waals surface area contributed by atoms with E-state index in [4.69, 9.17) is 0 Å². The Morgan fingerprint density at radius 3 is 1.76 bits per heavy atom. The van der Waals surface area contributed by atoms with Crippen LogP contribution in [-0.4, -0.2) is 42.8 Å². The van der Waals surface area contributed by atoms with Crippen LogP contribution in [0.2, 0.25) is 0 Å². The fourth-order valence-corrected chi connectivity index (χ4v) is 3.94. The van der Waals surface area contributed by atoms with Crippen LogP contribution in [0.1, 0.15) is 24.0 Å². The Hall–Kier alpha value is -2.52. The summed E-state index contributed by atoms with van der Waals surface area (Å²) in [5.74, 6) is -1.76. The molecule has 1 aliphatic carbocycles. The number of aliphatic hydroxyl groups is 2. The van der Waals surface area contributed by atoms with Gasteiger partial charge >= 0.3 is 0 Å². The minimum Gasteiger partial charge on any atom is -0.508 e. The lowest BCUT2D eigenvalue weighted by atomic mass is 9.52. The molecule has 12 N–H and O–H groups in total. The van der Waals surface area contributed by atoms with E-state index in [1.165, 1.54) is 12.1 Å². The second-order valence-electron chi connectivity index (χ2n) is 6.73. The molecule has 2 aromatic rings. The molecule has 0 saturated heterocycles.